The molecule has 30 heavy (non-hydrogen) atoms. The van der Waals surface area contributed by atoms with Crippen LogP contribution in [0.3, 0.4) is 0 Å². The highest BCUT2D eigenvalue weighted by atomic mass is 35.5. The lowest BCUT2D eigenvalue weighted by molar-refractivity contribution is 0.153. The zero-order chi connectivity index (χ0) is 20.7. The first kappa shape index (κ1) is 18.7. The molecular formula is C25H14Cl2O3. The quantitative estimate of drug-likeness (QED) is 0.161. The molecule has 3 nitrogen and oxygen atoms in total. The highest BCUT2D eigenvalue weighted by Crippen LogP contribution is 2.40. The molecular weight excluding hydrogens is 419 g/mol. The largest absolute Gasteiger partial charge is 0.519 e. The van der Waals surface area contributed by atoms with Crippen LogP contribution in [0.1, 0.15) is 0 Å². The lowest BCUT2D eigenvalue weighted by atomic mass is 10.0. The average Bonchev–Trinajstić information content (AvgIpc) is 2.74. The zero-order valence-electron chi connectivity index (χ0n) is 15.6. The second kappa shape index (κ2) is 7.52. The van der Waals surface area contributed by atoms with Crippen molar-refractivity contribution in [1.29, 1.82) is 0 Å². The van der Waals surface area contributed by atoms with Crippen LogP contribution in [0.25, 0.3) is 32.3 Å². The summed E-state index contributed by atoms with van der Waals surface area (Å²) in [7, 11) is 0. The maximum atomic E-state index is 12.8. The first-order valence-electron chi connectivity index (χ1n) is 9.28. The molecule has 0 spiro atoms. The summed E-state index contributed by atoms with van der Waals surface area (Å²) in [5.74, 6) is 0.743. The van der Waals surface area contributed by atoms with Crippen molar-refractivity contribution in [1.82, 2.24) is 0 Å². The predicted molar refractivity (Wildman–Crippen MR) is 122 cm³/mol. The maximum absolute atomic E-state index is 12.8. The third-order valence-electron chi connectivity index (χ3n) is 4.97. The van der Waals surface area contributed by atoms with Crippen LogP contribution in [0.15, 0.2) is 84.9 Å². The summed E-state index contributed by atoms with van der Waals surface area (Å²) >= 11 is 12.7. The molecule has 0 unspecified atom stereocenters. The molecule has 0 amide bonds. The van der Waals surface area contributed by atoms with Crippen LogP contribution in [0.5, 0.6) is 11.5 Å². The smallest absolute Gasteiger partial charge is 0.394 e. The number of hydrogen-bond acceptors (Lipinski definition) is 3. The molecule has 5 aromatic rings. The first-order chi connectivity index (χ1) is 14.6. The number of rotatable bonds is 2. The predicted octanol–water partition coefficient (Wildman–Crippen LogP) is 8.03. The normalized spacial score (nSPS) is 11.1. The molecule has 0 fully saturated rings. The van der Waals surface area contributed by atoms with Gasteiger partial charge < -0.3 is 9.47 Å². The van der Waals surface area contributed by atoms with Gasteiger partial charge in [-0.2, -0.15) is 0 Å². The number of carbonyl (C=O) groups is 1. The molecule has 146 valence electrons. The number of halogens is 2. The van der Waals surface area contributed by atoms with Gasteiger partial charge in [0.1, 0.15) is 5.75 Å². The molecule has 0 saturated heterocycles. The molecule has 0 aromatic heterocycles. The van der Waals surface area contributed by atoms with Crippen LogP contribution in [0.2, 0.25) is 10.0 Å². The first-order valence-corrected chi connectivity index (χ1v) is 10.0. The second-order valence-electron chi connectivity index (χ2n) is 6.84. The van der Waals surface area contributed by atoms with E-state index in [4.69, 9.17) is 32.7 Å². The summed E-state index contributed by atoms with van der Waals surface area (Å²) in [6, 6.07) is 26.1. The minimum absolute atomic E-state index is 0.320. The number of carbonyl (C=O) groups excluding carboxylic acids is 1. The summed E-state index contributed by atoms with van der Waals surface area (Å²) < 4.78 is 11.3. The van der Waals surface area contributed by atoms with E-state index in [0.29, 0.717) is 32.3 Å². The minimum Gasteiger partial charge on any atom is -0.394 e. The van der Waals surface area contributed by atoms with Crippen LogP contribution >= 0.6 is 23.2 Å². The number of hydrogen-bond donors (Lipinski definition) is 0. The number of ether oxygens (including phenoxy) is 2. The van der Waals surface area contributed by atoms with Gasteiger partial charge in [-0.05, 0) is 46.5 Å². The van der Waals surface area contributed by atoms with Crippen molar-refractivity contribution in [2.75, 3.05) is 0 Å². The van der Waals surface area contributed by atoms with Crippen molar-refractivity contribution in [3.05, 3.63) is 95.0 Å². The van der Waals surface area contributed by atoms with E-state index in [0.717, 1.165) is 21.5 Å². The zero-order valence-corrected chi connectivity index (χ0v) is 17.1. The molecule has 0 heterocycles. The fourth-order valence-electron chi connectivity index (χ4n) is 3.64. The Morgan fingerprint density at radius 1 is 0.667 bits per heavy atom. The van der Waals surface area contributed by atoms with Gasteiger partial charge in [0.05, 0.1) is 5.02 Å². The third kappa shape index (κ3) is 3.32. The molecule has 5 aromatic carbocycles. The molecule has 0 aliphatic heterocycles. The van der Waals surface area contributed by atoms with E-state index in [2.05, 4.69) is 0 Å². The van der Waals surface area contributed by atoms with Gasteiger partial charge in [0, 0.05) is 21.2 Å². The van der Waals surface area contributed by atoms with Gasteiger partial charge in [-0.3, -0.25) is 0 Å². The Morgan fingerprint density at radius 3 is 2.33 bits per heavy atom. The van der Waals surface area contributed by atoms with Gasteiger partial charge in [-0.15, -0.1) is 0 Å². The molecule has 0 atom stereocenters. The SMILES string of the molecule is O=C(Oc1cccc2ccccc12)Oc1c2cc(Cl)ccc2cc2cccc(Cl)c12. The molecule has 5 rings (SSSR count). The van der Waals surface area contributed by atoms with E-state index in [1.54, 1.807) is 24.3 Å². The fraction of sp³-hybridized carbons (Fsp3) is 0. The summed E-state index contributed by atoms with van der Waals surface area (Å²) in [4.78, 5) is 12.8. The monoisotopic (exact) mass is 432 g/mol. The molecule has 0 aliphatic rings. The second-order valence-corrected chi connectivity index (χ2v) is 7.68. The van der Waals surface area contributed by atoms with Crippen molar-refractivity contribution in [2.45, 2.75) is 0 Å². The van der Waals surface area contributed by atoms with E-state index in [-0.39, 0.29) is 0 Å². The van der Waals surface area contributed by atoms with Gasteiger partial charge in [-0.25, -0.2) is 4.79 Å². The Balaban J connectivity index is 1.61. The average molecular weight is 433 g/mol. The van der Waals surface area contributed by atoms with E-state index < -0.39 is 6.16 Å². The van der Waals surface area contributed by atoms with Crippen molar-refractivity contribution >= 4 is 61.7 Å². The van der Waals surface area contributed by atoms with Gasteiger partial charge >= 0.3 is 6.16 Å². The van der Waals surface area contributed by atoms with Crippen LogP contribution in [0, 0.1) is 0 Å². The molecule has 0 aliphatic carbocycles. The lowest BCUT2D eigenvalue weighted by Crippen LogP contribution is -2.14. The topological polar surface area (TPSA) is 35.5 Å². The van der Waals surface area contributed by atoms with Crippen molar-refractivity contribution in [2.24, 2.45) is 0 Å². The highest BCUT2D eigenvalue weighted by Gasteiger charge is 2.18. The number of fused-ring (bicyclic) bond motifs is 3. The molecule has 0 saturated carbocycles. The summed E-state index contributed by atoms with van der Waals surface area (Å²) in [5.41, 5.74) is 0. The van der Waals surface area contributed by atoms with Crippen LogP contribution in [-0.2, 0) is 0 Å². The highest BCUT2D eigenvalue weighted by molar-refractivity contribution is 6.37. The standard InChI is InChI=1S/C25H14Cl2O3/c26-18-12-11-16-13-17-7-3-9-21(27)23(17)24(20(16)14-18)30-25(28)29-22-10-4-6-15-5-1-2-8-19(15)22/h1-14H. The van der Waals surface area contributed by atoms with Crippen molar-refractivity contribution in [3.8, 4) is 11.5 Å². The Morgan fingerprint density at radius 2 is 1.43 bits per heavy atom. The van der Waals surface area contributed by atoms with E-state index >= 15 is 0 Å². The van der Waals surface area contributed by atoms with E-state index in [1.165, 1.54) is 0 Å². The summed E-state index contributed by atoms with van der Waals surface area (Å²) in [6.45, 7) is 0. The molecule has 0 bridgehead atoms. The Labute approximate surface area is 182 Å². The van der Waals surface area contributed by atoms with Crippen LogP contribution in [-0.4, -0.2) is 6.16 Å². The lowest BCUT2D eigenvalue weighted by Gasteiger charge is -2.14. The van der Waals surface area contributed by atoms with Crippen molar-refractivity contribution in [3.63, 3.8) is 0 Å². The molecule has 0 N–H and O–H groups in total. The van der Waals surface area contributed by atoms with Gasteiger partial charge in [-0.1, -0.05) is 77.8 Å². The maximum Gasteiger partial charge on any atom is 0.519 e. The van der Waals surface area contributed by atoms with Gasteiger partial charge in [0.2, 0.25) is 0 Å². The Kier molecular flexibility index (Phi) is 4.70. The minimum atomic E-state index is -0.847. The van der Waals surface area contributed by atoms with E-state index in [9.17, 15) is 4.79 Å². The Bertz CT molecular complexity index is 1440. The summed E-state index contributed by atoms with van der Waals surface area (Å²) in [6.07, 6.45) is -0.847. The third-order valence-corrected chi connectivity index (χ3v) is 5.52. The van der Waals surface area contributed by atoms with Gasteiger partial charge in [0.15, 0.2) is 5.75 Å². The fourth-order valence-corrected chi connectivity index (χ4v) is 4.08. The summed E-state index contributed by atoms with van der Waals surface area (Å²) in [5, 5.41) is 5.83. The van der Waals surface area contributed by atoms with Crippen LogP contribution in [0.4, 0.5) is 4.79 Å². The number of benzene rings is 5. The Hall–Kier alpha value is -3.27. The molecule has 5 heteroatoms. The molecule has 0 radical (unpaired) electrons. The van der Waals surface area contributed by atoms with E-state index in [1.807, 2.05) is 60.7 Å². The van der Waals surface area contributed by atoms with Crippen LogP contribution < -0.4 is 9.47 Å². The van der Waals surface area contributed by atoms with Gasteiger partial charge in [0.25, 0.3) is 0 Å². The van der Waals surface area contributed by atoms with Crippen molar-refractivity contribution < 1.29 is 14.3 Å².